The summed E-state index contributed by atoms with van der Waals surface area (Å²) < 4.78 is 5.51. The molecule has 1 aliphatic heterocycles. The molecule has 0 aromatic carbocycles. The maximum atomic E-state index is 13.1. The third-order valence-electron chi connectivity index (χ3n) is 6.97. The quantitative estimate of drug-likeness (QED) is 0.252. The molecule has 3 N–H and O–H groups in total. The number of nitrogens with one attached hydrogen (secondary N) is 2. The molecule has 2 fully saturated rings. The molecule has 5 rings (SSSR count). The van der Waals surface area contributed by atoms with Crippen LogP contribution in [-0.4, -0.2) is 41.0 Å². The van der Waals surface area contributed by atoms with Crippen molar-refractivity contribution in [1.29, 1.82) is 0 Å². The van der Waals surface area contributed by atoms with Crippen molar-refractivity contribution >= 4 is 29.2 Å². The van der Waals surface area contributed by atoms with Gasteiger partial charge in [0.1, 0.15) is 0 Å². The molecule has 0 spiro atoms. The number of aromatic nitrogens is 3. The topological polar surface area (TPSA) is 109 Å². The Balaban J connectivity index is 1.23. The second-order valence-electron chi connectivity index (χ2n) is 10.6. The number of carbonyl (C=O) groups excluding carboxylic acids is 2. The van der Waals surface area contributed by atoms with Crippen LogP contribution in [0, 0.1) is 11.3 Å². The summed E-state index contributed by atoms with van der Waals surface area (Å²) in [6, 6.07) is 1.83. The van der Waals surface area contributed by atoms with Crippen LogP contribution in [0.3, 0.4) is 0 Å². The zero-order valence-corrected chi connectivity index (χ0v) is 22.3. The minimum absolute atomic E-state index is 0.0405. The van der Waals surface area contributed by atoms with Crippen LogP contribution in [0.15, 0.2) is 18.5 Å². The van der Waals surface area contributed by atoms with E-state index in [0.717, 1.165) is 55.7 Å². The van der Waals surface area contributed by atoms with Crippen molar-refractivity contribution in [3.05, 3.63) is 29.3 Å². The maximum absolute atomic E-state index is 13.1. The van der Waals surface area contributed by atoms with E-state index >= 15 is 0 Å². The van der Waals surface area contributed by atoms with Crippen LogP contribution < -0.4 is 30.3 Å². The fraction of sp³-hybridized carbons (Fsp3) is 0.583. The fourth-order valence-electron chi connectivity index (χ4n) is 4.82. The number of carbonyl (C=O) groups is 2. The molecule has 8 nitrogen and oxygen atoms in total. The first kappa shape index (κ1) is 24.0. The summed E-state index contributed by atoms with van der Waals surface area (Å²) in [5.41, 5.74) is 0.787. The predicted octanol–water partition coefficient (Wildman–Crippen LogP) is 0.323. The van der Waals surface area contributed by atoms with Gasteiger partial charge in [-0.2, -0.15) is 0 Å². The summed E-state index contributed by atoms with van der Waals surface area (Å²) in [4.78, 5) is 34.0. The number of rotatable bonds is 6. The van der Waals surface area contributed by atoms with Crippen LogP contribution in [0.25, 0.3) is 11.3 Å². The summed E-state index contributed by atoms with van der Waals surface area (Å²) in [5, 5.41) is 13.5. The van der Waals surface area contributed by atoms with E-state index in [0.29, 0.717) is 27.6 Å². The first-order valence-electron chi connectivity index (χ1n) is 11.8. The summed E-state index contributed by atoms with van der Waals surface area (Å²) in [7, 11) is 0. The van der Waals surface area contributed by atoms with E-state index in [2.05, 4.69) is 37.2 Å². The van der Waals surface area contributed by atoms with Crippen molar-refractivity contribution in [2.75, 3.05) is 5.32 Å². The number of hydrogen-bond donors (Lipinski definition) is 3. The minimum atomic E-state index is -1.13. The number of amides is 2. The van der Waals surface area contributed by atoms with Gasteiger partial charge < -0.3 is 0 Å². The van der Waals surface area contributed by atoms with Crippen LogP contribution in [0.2, 0.25) is 5.02 Å². The van der Waals surface area contributed by atoms with E-state index in [-0.39, 0.29) is 23.1 Å². The molecular formula is C24H30ClIN5O3-. The van der Waals surface area contributed by atoms with Gasteiger partial charge >= 0.3 is 202 Å². The number of pyridine rings is 1. The molecule has 0 unspecified atom stereocenters. The average Bonchev–Trinajstić information content (AvgIpc) is 3.34. The molecule has 3 aliphatic rings. The van der Waals surface area contributed by atoms with Gasteiger partial charge in [0.05, 0.1) is 0 Å². The molecule has 10 heteroatoms. The van der Waals surface area contributed by atoms with Crippen LogP contribution >= 0.6 is 11.6 Å². The third kappa shape index (κ3) is 4.97. The number of hydrogen-bond acceptors (Lipinski definition) is 5. The summed E-state index contributed by atoms with van der Waals surface area (Å²) in [6.07, 6.45) is 9.01. The molecule has 3 heterocycles. The van der Waals surface area contributed by atoms with E-state index in [1.165, 1.54) is 0 Å². The fourth-order valence-corrected chi connectivity index (χ4v) is 7.86. The van der Waals surface area contributed by atoms with Gasteiger partial charge in [-0.25, -0.2) is 0 Å². The van der Waals surface area contributed by atoms with Gasteiger partial charge in [-0.1, -0.05) is 13.8 Å². The zero-order valence-electron chi connectivity index (χ0n) is 19.4. The molecule has 2 aromatic rings. The molecule has 2 atom stereocenters. The van der Waals surface area contributed by atoms with Crippen molar-refractivity contribution in [2.45, 2.75) is 74.9 Å². The zero-order chi connectivity index (χ0) is 24.1. The van der Waals surface area contributed by atoms with Crippen molar-refractivity contribution < 1.29 is 36.2 Å². The van der Waals surface area contributed by atoms with Gasteiger partial charge in [0.25, 0.3) is 0 Å². The van der Waals surface area contributed by atoms with E-state index < -0.39 is 27.1 Å². The van der Waals surface area contributed by atoms with Gasteiger partial charge in [0.2, 0.25) is 0 Å². The Morgan fingerprint density at radius 1 is 1.24 bits per heavy atom. The number of imidazole rings is 1. The van der Waals surface area contributed by atoms with Gasteiger partial charge in [0.15, 0.2) is 0 Å². The van der Waals surface area contributed by atoms with Gasteiger partial charge in [-0.15, -0.1) is 0 Å². The van der Waals surface area contributed by atoms with Gasteiger partial charge in [0, 0.05) is 0 Å². The monoisotopic (exact) mass is 598 g/mol. The Morgan fingerprint density at radius 3 is 2.79 bits per heavy atom. The Kier molecular flexibility index (Phi) is 6.39. The number of nitrogens with zero attached hydrogens (tertiary/aromatic N) is 3. The molecule has 184 valence electrons. The predicted molar refractivity (Wildman–Crippen MR) is 125 cm³/mol. The second kappa shape index (κ2) is 9.05. The number of aliphatic hydroxyl groups is 1. The first-order chi connectivity index (χ1) is 16.1. The van der Waals surface area contributed by atoms with E-state index in [1.807, 2.05) is 12.3 Å². The van der Waals surface area contributed by atoms with Gasteiger partial charge in [-0.3, -0.25) is 0 Å². The molecule has 0 radical (unpaired) electrons. The molecule has 34 heavy (non-hydrogen) atoms. The number of fused-ring (bicyclic) bond motifs is 1. The van der Waals surface area contributed by atoms with Crippen LogP contribution in [0.1, 0.15) is 58.2 Å². The average molecular weight is 599 g/mol. The summed E-state index contributed by atoms with van der Waals surface area (Å²) in [5.74, 6) is 1.15. The van der Waals surface area contributed by atoms with E-state index in [9.17, 15) is 14.7 Å². The van der Waals surface area contributed by atoms with E-state index in [1.54, 1.807) is 6.20 Å². The second-order valence-corrected chi connectivity index (χ2v) is 13.9. The molecule has 2 aliphatic carbocycles. The van der Waals surface area contributed by atoms with Crippen LogP contribution in [0.5, 0.6) is 0 Å². The summed E-state index contributed by atoms with van der Waals surface area (Å²) >= 11 is 5.89. The Hall–Kier alpha value is -1.72. The Bertz CT molecular complexity index is 1130. The van der Waals surface area contributed by atoms with Crippen LogP contribution in [-0.2, 0) is 22.6 Å². The van der Waals surface area contributed by atoms with Gasteiger partial charge in [-0.05, 0) is 0 Å². The number of alkyl halides is 1. The normalized spacial score (nSPS) is 24.5. The molecule has 2 aromatic heterocycles. The van der Waals surface area contributed by atoms with Crippen molar-refractivity contribution in [3.8, 4) is 11.3 Å². The molecule has 0 bridgehead atoms. The molecular weight excluding hydrogens is 569 g/mol. The molecule has 0 saturated heterocycles. The standard InChI is InChI=1S/C24H30ClIN5O3/c1-23(2)10-20-28-12-18(31(20)13-23)16-9-19(27-11-17(16)25)29-21(32)14-4-3-5-15(8-14)26-30-22(33)24(34)6-7-24/h9,11-12,14-15,34H,3-8,10,13H2,1-2H3,(H,30,33)(H,27,29,32)/q-1/t14-,15+/m0/s1. The number of anilines is 1. The molecule has 2 amide bonds. The first-order valence-corrected chi connectivity index (χ1v) is 14.5. The van der Waals surface area contributed by atoms with Crippen LogP contribution in [0.4, 0.5) is 5.82 Å². The Labute approximate surface area is 214 Å². The summed E-state index contributed by atoms with van der Waals surface area (Å²) in [6.45, 7) is 5.33. The molecule has 2 saturated carbocycles. The SMILES string of the molecule is CC1(C)Cc2ncc(-c3cc(NC(=O)[C@H]4CCC[C@@H]([I-]NC(=O)C5(O)CC5)C4)ncc3Cl)n2C1. The van der Waals surface area contributed by atoms with Crippen molar-refractivity contribution in [2.24, 2.45) is 11.3 Å². The van der Waals surface area contributed by atoms with E-state index in [4.69, 9.17) is 11.6 Å². The third-order valence-corrected chi connectivity index (χ3v) is 10.1. The Morgan fingerprint density at radius 2 is 2.03 bits per heavy atom. The van der Waals surface area contributed by atoms with Crippen molar-refractivity contribution in [1.82, 2.24) is 18.1 Å². The van der Waals surface area contributed by atoms with Crippen molar-refractivity contribution in [3.63, 3.8) is 0 Å². The number of halogens is 2.